The first kappa shape index (κ1) is 18.8. The number of hydrogen-bond acceptors (Lipinski definition) is 3. The summed E-state index contributed by atoms with van der Waals surface area (Å²) in [5.41, 5.74) is 1.92. The molecule has 144 valence electrons. The number of nitrogens with one attached hydrogen (secondary N) is 1. The van der Waals surface area contributed by atoms with Gasteiger partial charge in [-0.15, -0.1) is 0 Å². The molecule has 0 unspecified atom stereocenters. The van der Waals surface area contributed by atoms with Crippen molar-refractivity contribution in [1.29, 1.82) is 0 Å². The molecule has 28 heavy (non-hydrogen) atoms. The molecule has 1 N–H and O–H groups in total. The number of amides is 1. The number of carbonyl (C=O) groups excluding carboxylic acids is 1. The van der Waals surface area contributed by atoms with Crippen molar-refractivity contribution in [2.45, 2.75) is 12.8 Å². The molecule has 3 aromatic carbocycles. The summed E-state index contributed by atoms with van der Waals surface area (Å²) in [6.45, 7) is 0.450. The number of rotatable bonds is 4. The largest absolute Gasteiger partial charge is 0.324 e. The Morgan fingerprint density at radius 1 is 1.07 bits per heavy atom. The number of halogens is 1. The molecule has 1 aliphatic rings. The van der Waals surface area contributed by atoms with Crippen LogP contribution >= 0.6 is 11.6 Å². The highest BCUT2D eigenvalue weighted by atomic mass is 35.5. The van der Waals surface area contributed by atoms with Crippen molar-refractivity contribution in [3.05, 3.63) is 71.2 Å². The smallest absolute Gasteiger partial charge is 0.235 e. The molecule has 0 spiro atoms. The molecule has 1 heterocycles. The van der Waals surface area contributed by atoms with Crippen LogP contribution in [-0.2, 0) is 21.2 Å². The second-order valence-electron chi connectivity index (χ2n) is 6.77. The van der Waals surface area contributed by atoms with Crippen LogP contribution in [0.4, 0.5) is 11.4 Å². The van der Waals surface area contributed by atoms with Crippen molar-refractivity contribution in [3.63, 3.8) is 0 Å². The van der Waals surface area contributed by atoms with Gasteiger partial charge in [-0.3, -0.25) is 9.10 Å². The Hall–Kier alpha value is -2.57. The minimum absolute atomic E-state index is 0.147. The molecule has 0 aromatic heterocycles. The van der Waals surface area contributed by atoms with Crippen molar-refractivity contribution in [1.82, 2.24) is 0 Å². The van der Waals surface area contributed by atoms with Gasteiger partial charge in [0.15, 0.2) is 0 Å². The molecule has 3 aromatic rings. The third-order valence-electron chi connectivity index (χ3n) is 4.84. The zero-order chi connectivity index (χ0) is 19.7. The van der Waals surface area contributed by atoms with E-state index in [1.807, 2.05) is 42.5 Å². The lowest BCUT2D eigenvalue weighted by Crippen LogP contribution is -2.25. The van der Waals surface area contributed by atoms with Gasteiger partial charge in [-0.05, 0) is 41.0 Å². The fourth-order valence-electron chi connectivity index (χ4n) is 3.50. The lowest BCUT2D eigenvalue weighted by molar-refractivity contribution is -0.115. The van der Waals surface area contributed by atoms with Crippen LogP contribution in [0.15, 0.2) is 60.7 Å². The highest BCUT2D eigenvalue weighted by Crippen LogP contribution is 2.31. The fraction of sp³-hybridized carbons (Fsp3) is 0.190. The quantitative estimate of drug-likeness (QED) is 0.695. The molecule has 0 aliphatic carbocycles. The van der Waals surface area contributed by atoms with Crippen molar-refractivity contribution in [2.75, 3.05) is 21.9 Å². The van der Waals surface area contributed by atoms with E-state index >= 15 is 0 Å². The number of hydrogen-bond donors (Lipinski definition) is 1. The van der Waals surface area contributed by atoms with Gasteiger partial charge >= 0.3 is 0 Å². The van der Waals surface area contributed by atoms with E-state index < -0.39 is 10.0 Å². The van der Waals surface area contributed by atoms with Crippen molar-refractivity contribution in [3.8, 4) is 0 Å². The monoisotopic (exact) mass is 414 g/mol. The van der Waals surface area contributed by atoms with E-state index in [9.17, 15) is 13.2 Å². The maximum absolute atomic E-state index is 12.5. The van der Waals surface area contributed by atoms with Gasteiger partial charge in [0.1, 0.15) is 0 Å². The molecule has 0 atom stereocenters. The minimum Gasteiger partial charge on any atom is -0.324 e. The second-order valence-corrected chi connectivity index (χ2v) is 9.19. The molecule has 1 fully saturated rings. The van der Waals surface area contributed by atoms with Gasteiger partial charge in [-0.25, -0.2) is 8.42 Å². The average Bonchev–Trinajstić information content (AvgIpc) is 3.03. The summed E-state index contributed by atoms with van der Waals surface area (Å²) in [5, 5.41) is 5.26. The Morgan fingerprint density at radius 2 is 1.86 bits per heavy atom. The van der Waals surface area contributed by atoms with Crippen molar-refractivity contribution >= 4 is 49.7 Å². The number of benzene rings is 3. The number of anilines is 2. The molecule has 1 amide bonds. The normalized spacial score (nSPS) is 15.7. The van der Waals surface area contributed by atoms with Gasteiger partial charge in [0.25, 0.3) is 0 Å². The lowest BCUT2D eigenvalue weighted by Gasteiger charge is -2.18. The van der Waals surface area contributed by atoms with Crippen molar-refractivity contribution in [2.24, 2.45) is 0 Å². The number of fused-ring (bicyclic) bond motifs is 1. The molecular formula is C21H19ClN2O3S. The summed E-state index contributed by atoms with van der Waals surface area (Å²) in [6.07, 6.45) is 0.823. The van der Waals surface area contributed by atoms with E-state index in [1.54, 1.807) is 18.2 Å². The maximum atomic E-state index is 12.5. The van der Waals surface area contributed by atoms with Crippen LogP contribution < -0.4 is 9.62 Å². The molecule has 5 nitrogen and oxygen atoms in total. The summed E-state index contributed by atoms with van der Waals surface area (Å²) in [6, 6.07) is 18.7. The van der Waals surface area contributed by atoms with E-state index in [0.717, 1.165) is 16.3 Å². The summed E-state index contributed by atoms with van der Waals surface area (Å²) in [5.74, 6) is -0.0338. The third-order valence-corrected chi connectivity index (χ3v) is 7.03. The molecule has 1 aliphatic heterocycles. The van der Waals surface area contributed by atoms with Crippen LogP contribution in [0.5, 0.6) is 0 Å². The van der Waals surface area contributed by atoms with Crippen LogP contribution in [0.25, 0.3) is 10.8 Å². The number of nitrogens with zero attached hydrogens (tertiary/aromatic N) is 1. The van der Waals surface area contributed by atoms with Crippen LogP contribution in [0.2, 0.25) is 5.02 Å². The van der Waals surface area contributed by atoms with E-state index in [0.29, 0.717) is 29.4 Å². The molecule has 7 heteroatoms. The highest BCUT2D eigenvalue weighted by Gasteiger charge is 2.28. The SMILES string of the molecule is O=C(Cc1cccc2ccccc12)Nc1ccc(N2CCCS2(=O)=O)cc1Cl. The van der Waals surface area contributed by atoms with Crippen LogP contribution in [-0.4, -0.2) is 26.6 Å². The molecule has 4 rings (SSSR count). The zero-order valence-corrected chi connectivity index (χ0v) is 16.6. The Morgan fingerprint density at radius 3 is 2.61 bits per heavy atom. The van der Waals surface area contributed by atoms with Gasteiger partial charge in [0.05, 0.1) is 28.6 Å². The minimum atomic E-state index is -3.27. The summed E-state index contributed by atoms with van der Waals surface area (Å²) >= 11 is 6.31. The Labute approximate surface area is 169 Å². The fourth-order valence-corrected chi connectivity index (χ4v) is 5.28. The van der Waals surface area contributed by atoms with E-state index in [1.165, 1.54) is 4.31 Å². The number of sulfonamides is 1. The Kier molecular flexibility index (Phi) is 5.00. The van der Waals surface area contributed by atoms with E-state index in [2.05, 4.69) is 5.32 Å². The van der Waals surface area contributed by atoms with Crippen LogP contribution in [0.1, 0.15) is 12.0 Å². The summed E-state index contributed by atoms with van der Waals surface area (Å²) in [7, 11) is -3.27. The first-order valence-corrected chi connectivity index (χ1v) is 11.0. The third kappa shape index (κ3) is 3.70. The van der Waals surface area contributed by atoms with Gasteiger partial charge in [-0.1, -0.05) is 54.1 Å². The topological polar surface area (TPSA) is 66.5 Å². The molecule has 0 saturated carbocycles. The maximum Gasteiger partial charge on any atom is 0.235 e. The standard InChI is InChI=1S/C21H19ClN2O3S/c22-19-14-17(24-11-4-12-28(24,26)27)9-10-20(19)23-21(25)13-16-7-3-6-15-5-1-2-8-18(15)16/h1-3,5-10,14H,4,11-13H2,(H,23,25). The van der Waals surface area contributed by atoms with Gasteiger partial charge < -0.3 is 5.32 Å². The second kappa shape index (κ2) is 7.45. The summed E-state index contributed by atoms with van der Waals surface area (Å²) in [4.78, 5) is 12.5. The van der Waals surface area contributed by atoms with Gasteiger partial charge in [0.2, 0.25) is 15.9 Å². The first-order valence-electron chi connectivity index (χ1n) is 9.00. The molecule has 0 radical (unpaired) electrons. The predicted molar refractivity (Wildman–Crippen MR) is 113 cm³/mol. The molecular weight excluding hydrogens is 396 g/mol. The van der Waals surface area contributed by atoms with Crippen molar-refractivity contribution < 1.29 is 13.2 Å². The Bertz CT molecular complexity index is 1160. The van der Waals surface area contributed by atoms with Crippen LogP contribution in [0.3, 0.4) is 0 Å². The zero-order valence-electron chi connectivity index (χ0n) is 15.1. The lowest BCUT2D eigenvalue weighted by atomic mass is 10.0. The Balaban J connectivity index is 1.52. The average molecular weight is 415 g/mol. The van der Waals surface area contributed by atoms with Gasteiger partial charge in [-0.2, -0.15) is 0 Å². The first-order chi connectivity index (χ1) is 13.4. The van der Waals surface area contributed by atoms with Gasteiger partial charge in [0, 0.05) is 6.54 Å². The predicted octanol–water partition coefficient (Wildman–Crippen LogP) is 4.21. The summed E-state index contributed by atoms with van der Waals surface area (Å²) < 4.78 is 25.5. The molecule has 1 saturated heterocycles. The molecule has 0 bridgehead atoms. The van der Waals surface area contributed by atoms with E-state index in [-0.39, 0.29) is 18.1 Å². The highest BCUT2D eigenvalue weighted by molar-refractivity contribution is 7.93. The van der Waals surface area contributed by atoms with Crippen LogP contribution in [0, 0.1) is 0 Å². The number of carbonyl (C=O) groups is 1. The van der Waals surface area contributed by atoms with E-state index in [4.69, 9.17) is 11.6 Å².